The number of hydrogen-bond donors (Lipinski definition) is 2. The van der Waals surface area contributed by atoms with E-state index in [1.165, 1.54) is 0 Å². The van der Waals surface area contributed by atoms with E-state index in [9.17, 15) is 9.59 Å². The molecule has 0 spiro atoms. The highest BCUT2D eigenvalue weighted by atomic mass is 16.5. The maximum absolute atomic E-state index is 12.0. The van der Waals surface area contributed by atoms with Crippen molar-refractivity contribution in [3.8, 4) is 0 Å². The molecule has 0 aliphatic carbocycles. The molecule has 0 fully saturated rings. The highest BCUT2D eigenvalue weighted by Crippen LogP contribution is 2.26. The average molecular weight is 279 g/mol. The van der Waals surface area contributed by atoms with Crippen LogP contribution in [0.1, 0.15) is 17.2 Å². The maximum atomic E-state index is 12.0. The Morgan fingerprint density at radius 2 is 2.20 bits per heavy atom. The van der Waals surface area contributed by atoms with Crippen molar-refractivity contribution in [3.63, 3.8) is 0 Å². The third-order valence-electron chi connectivity index (χ3n) is 3.00. The molecule has 0 radical (unpaired) electrons. The van der Waals surface area contributed by atoms with E-state index in [4.69, 9.17) is 14.6 Å². The summed E-state index contributed by atoms with van der Waals surface area (Å²) in [4.78, 5) is 22.3. The first kappa shape index (κ1) is 14.5. The Morgan fingerprint density at radius 1 is 1.40 bits per heavy atom. The number of aliphatic carboxylic acids is 1. The number of amides is 1. The van der Waals surface area contributed by atoms with Gasteiger partial charge < -0.3 is 19.9 Å². The van der Waals surface area contributed by atoms with E-state index in [0.29, 0.717) is 6.61 Å². The van der Waals surface area contributed by atoms with Gasteiger partial charge in [0.05, 0.1) is 13.2 Å². The van der Waals surface area contributed by atoms with Gasteiger partial charge in [0.1, 0.15) is 6.61 Å². The smallest absolute Gasteiger partial charge is 0.329 e. The molecule has 6 nitrogen and oxygen atoms in total. The molecule has 6 heteroatoms. The summed E-state index contributed by atoms with van der Waals surface area (Å²) < 4.78 is 10.4. The Kier molecular flexibility index (Phi) is 5.09. The number of carbonyl (C=O) groups excluding carboxylic acids is 1. The van der Waals surface area contributed by atoms with E-state index in [0.717, 1.165) is 17.5 Å². The summed E-state index contributed by atoms with van der Waals surface area (Å²) in [5.41, 5.74) is 2.02. The van der Waals surface area contributed by atoms with Gasteiger partial charge in [0.2, 0.25) is 0 Å². The fourth-order valence-corrected chi connectivity index (χ4v) is 2.11. The zero-order valence-corrected chi connectivity index (χ0v) is 11.0. The summed E-state index contributed by atoms with van der Waals surface area (Å²) in [6.45, 7) is 0.573. The van der Waals surface area contributed by atoms with Gasteiger partial charge in [-0.15, -0.1) is 0 Å². The summed E-state index contributed by atoms with van der Waals surface area (Å²) >= 11 is 0. The van der Waals surface area contributed by atoms with Crippen molar-refractivity contribution >= 4 is 11.9 Å². The number of nitrogens with one attached hydrogen (secondary N) is 1. The van der Waals surface area contributed by atoms with Crippen LogP contribution < -0.4 is 5.32 Å². The zero-order valence-electron chi connectivity index (χ0n) is 11.0. The lowest BCUT2D eigenvalue weighted by Gasteiger charge is -2.25. The molecule has 20 heavy (non-hydrogen) atoms. The molecule has 1 heterocycles. The largest absolute Gasteiger partial charge is 0.480 e. The van der Waals surface area contributed by atoms with E-state index in [2.05, 4.69) is 5.32 Å². The molecule has 1 aliphatic rings. The molecule has 108 valence electrons. The fraction of sp³-hybridized carbons (Fsp3) is 0.429. The molecule has 2 N–H and O–H groups in total. The minimum Gasteiger partial charge on any atom is -0.480 e. The van der Waals surface area contributed by atoms with E-state index in [-0.39, 0.29) is 25.7 Å². The van der Waals surface area contributed by atoms with Crippen molar-refractivity contribution in [2.45, 2.75) is 12.5 Å². The predicted molar refractivity (Wildman–Crippen MR) is 70.3 cm³/mol. The number of ether oxygens (including phenoxy) is 2. The second-order valence-corrected chi connectivity index (χ2v) is 4.44. The van der Waals surface area contributed by atoms with E-state index >= 15 is 0 Å². The lowest BCUT2D eigenvalue weighted by atomic mass is 9.97. The molecule has 1 atom stereocenters. The molecular weight excluding hydrogens is 262 g/mol. The molecule has 0 aromatic heterocycles. The second-order valence-electron chi connectivity index (χ2n) is 4.44. The third kappa shape index (κ3) is 3.79. The number of rotatable bonds is 6. The van der Waals surface area contributed by atoms with Crippen molar-refractivity contribution in [2.24, 2.45) is 0 Å². The van der Waals surface area contributed by atoms with Crippen LogP contribution in [0, 0.1) is 0 Å². The summed E-state index contributed by atoms with van der Waals surface area (Å²) in [5.74, 6) is -1.25. The number of carbonyl (C=O) groups is 2. The predicted octanol–water partition coefficient (Wildman–Crippen LogP) is 0.518. The molecule has 0 saturated carbocycles. The van der Waals surface area contributed by atoms with Crippen LogP contribution in [0.4, 0.5) is 0 Å². The summed E-state index contributed by atoms with van der Waals surface area (Å²) in [7, 11) is 0. The standard InChI is InChI=1S/C14H17NO5/c16-12(17)9-19-8-6-15-14(18)13-11-4-2-1-3-10(11)5-7-20-13/h1-4,13H,5-9H2,(H,15,18)(H,16,17). The Bertz CT molecular complexity index is 488. The molecule has 0 saturated heterocycles. The molecule has 1 unspecified atom stereocenters. The topological polar surface area (TPSA) is 84.9 Å². The van der Waals surface area contributed by atoms with Crippen molar-refractivity contribution < 1.29 is 24.2 Å². The first-order valence-corrected chi connectivity index (χ1v) is 6.45. The van der Waals surface area contributed by atoms with Crippen LogP contribution in [0.5, 0.6) is 0 Å². The van der Waals surface area contributed by atoms with Gasteiger partial charge in [-0.3, -0.25) is 4.79 Å². The first-order valence-electron chi connectivity index (χ1n) is 6.45. The molecule has 1 aromatic carbocycles. The summed E-state index contributed by atoms with van der Waals surface area (Å²) in [5, 5.41) is 11.1. The van der Waals surface area contributed by atoms with Crippen LogP contribution in [0.15, 0.2) is 24.3 Å². The average Bonchev–Trinajstić information content (AvgIpc) is 2.45. The van der Waals surface area contributed by atoms with Crippen LogP contribution in [0.25, 0.3) is 0 Å². The van der Waals surface area contributed by atoms with Gasteiger partial charge in [-0.2, -0.15) is 0 Å². The quantitative estimate of drug-likeness (QED) is 0.741. The van der Waals surface area contributed by atoms with Crippen LogP contribution in [0.3, 0.4) is 0 Å². The third-order valence-corrected chi connectivity index (χ3v) is 3.00. The fourth-order valence-electron chi connectivity index (χ4n) is 2.11. The van der Waals surface area contributed by atoms with E-state index in [1.54, 1.807) is 0 Å². The zero-order chi connectivity index (χ0) is 14.4. The molecule has 1 aliphatic heterocycles. The highest BCUT2D eigenvalue weighted by Gasteiger charge is 2.26. The highest BCUT2D eigenvalue weighted by molar-refractivity contribution is 5.82. The van der Waals surface area contributed by atoms with Crippen LogP contribution in [-0.4, -0.2) is 43.3 Å². The van der Waals surface area contributed by atoms with Gasteiger partial charge in [0.25, 0.3) is 5.91 Å². The normalized spacial score (nSPS) is 17.3. The van der Waals surface area contributed by atoms with Gasteiger partial charge in [-0.1, -0.05) is 24.3 Å². The van der Waals surface area contributed by atoms with Gasteiger partial charge >= 0.3 is 5.97 Å². The van der Waals surface area contributed by atoms with E-state index < -0.39 is 12.1 Å². The number of carboxylic acids is 1. The Hall–Kier alpha value is -1.92. The van der Waals surface area contributed by atoms with Crippen LogP contribution in [0.2, 0.25) is 0 Å². The molecule has 2 rings (SSSR count). The molecule has 1 amide bonds. The summed E-state index contributed by atoms with van der Waals surface area (Å²) in [6.07, 6.45) is 0.209. The molecule has 0 bridgehead atoms. The lowest BCUT2D eigenvalue weighted by molar-refractivity contribution is -0.142. The Balaban J connectivity index is 1.83. The number of benzene rings is 1. The SMILES string of the molecule is O=C(O)COCCNC(=O)C1OCCc2ccccc21. The van der Waals surface area contributed by atoms with Crippen molar-refractivity contribution in [1.29, 1.82) is 0 Å². The van der Waals surface area contributed by atoms with Crippen LogP contribution in [-0.2, 0) is 25.5 Å². The Labute approximate surface area is 116 Å². The number of hydrogen-bond acceptors (Lipinski definition) is 4. The second kappa shape index (κ2) is 7.02. The van der Waals surface area contributed by atoms with Crippen molar-refractivity contribution in [2.75, 3.05) is 26.4 Å². The van der Waals surface area contributed by atoms with Gasteiger partial charge in [0, 0.05) is 6.54 Å². The minimum atomic E-state index is -1.03. The monoisotopic (exact) mass is 279 g/mol. The Morgan fingerprint density at radius 3 is 3.00 bits per heavy atom. The number of fused-ring (bicyclic) bond motifs is 1. The maximum Gasteiger partial charge on any atom is 0.329 e. The van der Waals surface area contributed by atoms with Gasteiger partial charge in [0.15, 0.2) is 6.10 Å². The summed E-state index contributed by atoms with van der Waals surface area (Å²) in [6, 6.07) is 7.70. The van der Waals surface area contributed by atoms with Crippen LogP contribution >= 0.6 is 0 Å². The van der Waals surface area contributed by atoms with E-state index in [1.807, 2.05) is 24.3 Å². The van der Waals surface area contributed by atoms with Crippen molar-refractivity contribution in [3.05, 3.63) is 35.4 Å². The minimum absolute atomic E-state index is 0.159. The number of carboxylic acid groups (broad SMARTS) is 1. The lowest BCUT2D eigenvalue weighted by Crippen LogP contribution is -2.35. The first-order chi connectivity index (χ1) is 9.68. The van der Waals surface area contributed by atoms with Crippen molar-refractivity contribution in [1.82, 2.24) is 5.32 Å². The van der Waals surface area contributed by atoms with Gasteiger partial charge in [-0.25, -0.2) is 4.79 Å². The van der Waals surface area contributed by atoms with Gasteiger partial charge in [-0.05, 0) is 17.5 Å². The molecular formula is C14H17NO5. The molecule has 1 aromatic rings.